The molecule has 1 aromatic carbocycles. The van der Waals surface area contributed by atoms with Gasteiger partial charge in [0.1, 0.15) is 5.75 Å². The third kappa shape index (κ3) is 6.54. The predicted octanol–water partition coefficient (Wildman–Crippen LogP) is 1.57. The van der Waals surface area contributed by atoms with Crippen LogP contribution < -0.4 is 15.8 Å². The van der Waals surface area contributed by atoms with Gasteiger partial charge in [-0.3, -0.25) is 4.79 Å². The van der Waals surface area contributed by atoms with Crippen LogP contribution >= 0.6 is 0 Å². The number of carbonyl (C=O) groups excluding carboxylic acids is 1. The second-order valence-corrected chi connectivity index (χ2v) is 4.47. The molecule has 0 fully saturated rings. The van der Waals surface area contributed by atoms with Crippen molar-refractivity contribution in [2.75, 3.05) is 33.4 Å². The quantitative estimate of drug-likeness (QED) is 0.638. The summed E-state index contributed by atoms with van der Waals surface area (Å²) in [5.74, 6) is 0.703. The molecule has 1 aromatic rings. The van der Waals surface area contributed by atoms with E-state index in [0.717, 1.165) is 25.0 Å². The fraction of sp³-hybridized carbons (Fsp3) is 0.533. The van der Waals surface area contributed by atoms with Crippen LogP contribution in [0.3, 0.4) is 0 Å². The second kappa shape index (κ2) is 10.2. The molecule has 20 heavy (non-hydrogen) atoms. The van der Waals surface area contributed by atoms with E-state index in [-0.39, 0.29) is 5.91 Å². The number of unbranched alkanes of at least 4 members (excludes halogenated alkanes) is 1. The number of carbonyl (C=O) groups is 1. The van der Waals surface area contributed by atoms with E-state index in [4.69, 9.17) is 15.2 Å². The molecule has 0 unspecified atom stereocenters. The Morgan fingerprint density at radius 3 is 2.55 bits per heavy atom. The van der Waals surface area contributed by atoms with Crippen molar-refractivity contribution in [3.63, 3.8) is 0 Å². The summed E-state index contributed by atoms with van der Waals surface area (Å²) in [6, 6.07) is 7.15. The summed E-state index contributed by atoms with van der Waals surface area (Å²) in [7, 11) is 1.67. The first-order valence-corrected chi connectivity index (χ1v) is 6.98. The lowest BCUT2D eigenvalue weighted by Gasteiger charge is -2.07. The lowest BCUT2D eigenvalue weighted by Crippen LogP contribution is -2.24. The molecular formula is C15H24N2O3. The fourth-order valence-electron chi connectivity index (χ4n) is 1.67. The van der Waals surface area contributed by atoms with E-state index in [1.165, 1.54) is 0 Å². The highest BCUT2D eigenvalue weighted by atomic mass is 16.5. The van der Waals surface area contributed by atoms with Crippen molar-refractivity contribution in [1.29, 1.82) is 0 Å². The topological polar surface area (TPSA) is 73.6 Å². The third-order valence-electron chi connectivity index (χ3n) is 2.79. The molecule has 0 aliphatic heterocycles. The number of ether oxygens (including phenoxy) is 2. The van der Waals surface area contributed by atoms with Crippen molar-refractivity contribution in [2.24, 2.45) is 5.73 Å². The molecule has 0 aromatic heterocycles. The number of benzene rings is 1. The highest BCUT2D eigenvalue weighted by Crippen LogP contribution is 2.12. The minimum atomic E-state index is -0.0621. The maximum Gasteiger partial charge on any atom is 0.251 e. The fourth-order valence-corrected chi connectivity index (χ4v) is 1.67. The first-order chi connectivity index (χ1) is 9.77. The van der Waals surface area contributed by atoms with Gasteiger partial charge in [-0.1, -0.05) is 0 Å². The van der Waals surface area contributed by atoms with Crippen LogP contribution in [-0.4, -0.2) is 39.3 Å². The van der Waals surface area contributed by atoms with Crippen molar-refractivity contribution < 1.29 is 14.3 Å². The van der Waals surface area contributed by atoms with Gasteiger partial charge in [-0.2, -0.15) is 0 Å². The molecule has 0 radical (unpaired) electrons. The predicted molar refractivity (Wildman–Crippen MR) is 79.1 cm³/mol. The van der Waals surface area contributed by atoms with E-state index in [1.807, 2.05) is 12.1 Å². The number of rotatable bonds is 10. The molecular weight excluding hydrogens is 256 g/mol. The number of amides is 1. The number of nitrogens with two attached hydrogens (primary N) is 1. The minimum Gasteiger partial charge on any atom is -0.494 e. The Bertz CT molecular complexity index is 379. The van der Waals surface area contributed by atoms with Crippen molar-refractivity contribution >= 4 is 5.91 Å². The monoisotopic (exact) mass is 280 g/mol. The van der Waals surface area contributed by atoms with Crippen LogP contribution in [0.1, 0.15) is 29.6 Å². The minimum absolute atomic E-state index is 0.0621. The van der Waals surface area contributed by atoms with Gasteiger partial charge in [0.25, 0.3) is 5.91 Å². The summed E-state index contributed by atoms with van der Waals surface area (Å²) in [5.41, 5.74) is 6.04. The molecule has 0 aliphatic rings. The van der Waals surface area contributed by atoms with Gasteiger partial charge in [-0.05, 0) is 43.7 Å². The maximum atomic E-state index is 11.8. The molecule has 0 bridgehead atoms. The Kier molecular flexibility index (Phi) is 8.42. The molecule has 5 heteroatoms. The van der Waals surface area contributed by atoms with E-state index < -0.39 is 0 Å². The van der Waals surface area contributed by atoms with Gasteiger partial charge in [0.05, 0.1) is 6.61 Å². The Hall–Kier alpha value is -1.59. The van der Waals surface area contributed by atoms with Crippen LogP contribution in [0.2, 0.25) is 0 Å². The van der Waals surface area contributed by atoms with Gasteiger partial charge in [0, 0.05) is 32.2 Å². The standard InChI is InChI=1S/C15H24N2O3/c1-19-11-4-12-20-14-7-5-13(6-8-14)15(18)17-10-3-2-9-16/h5-8H,2-4,9-12,16H2,1H3,(H,17,18). The lowest BCUT2D eigenvalue weighted by molar-refractivity contribution is 0.0953. The van der Waals surface area contributed by atoms with Gasteiger partial charge >= 0.3 is 0 Å². The van der Waals surface area contributed by atoms with Gasteiger partial charge < -0.3 is 20.5 Å². The van der Waals surface area contributed by atoms with Crippen molar-refractivity contribution in [3.05, 3.63) is 29.8 Å². The zero-order chi connectivity index (χ0) is 14.6. The second-order valence-electron chi connectivity index (χ2n) is 4.47. The molecule has 0 saturated heterocycles. The Morgan fingerprint density at radius 2 is 1.90 bits per heavy atom. The molecule has 1 amide bonds. The number of methoxy groups -OCH3 is 1. The average Bonchev–Trinajstić information content (AvgIpc) is 2.48. The molecule has 0 heterocycles. The third-order valence-corrected chi connectivity index (χ3v) is 2.79. The van der Waals surface area contributed by atoms with Crippen molar-refractivity contribution in [1.82, 2.24) is 5.32 Å². The molecule has 112 valence electrons. The van der Waals surface area contributed by atoms with Crippen LogP contribution in [0.5, 0.6) is 5.75 Å². The van der Waals surface area contributed by atoms with Crippen LogP contribution in [0.25, 0.3) is 0 Å². The summed E-state index contributed by atoms with van der Waals surface area (Å²) in [4.78, 5) is 11.8. The van der Waals surface area contributed by atoms with E-state index >= 15 is 0 Å². The Balaban J connectivity index is 2.31. The highest BCUT2D eigenvalue weighted by molar-refractivity contribution is 5.94. The summed E-state index contributed by atoms with van der Waals surface area (Å²) in [5, 5.41) is 2.86. The molecule has 5 nitrogen and oxygen atoms in total. The summed E-state index contributed by atoms with van der Waals surface area (Å²) in [6.07, 6.45) is 2.68. The average molecular weight is 280 g/mol. The van der Waals surface area contributed by atoms with E-state index in [9.17, 15) is 4.79 Å². The molecule has 1 rings (SSSR count). The molecule has 0 atom stereocenters. The van der Waals surface area contributed by atoms with Crippen LogP contribution in [0.15, 0.2) is 24.3 Å². The smallest absolute Gasteiger partial charge is 0.251 e. The largest absolute Gasteiger partial charge is 0.494 e. The van der Waals surface area contributed by atoms with Crippen LogP contribution in [0.4, 0.5) is 0 Å². The van der Waals surface area contributed by atoms with E-state index in [1.54, 1.807) is 19.2 Å². The van der Waals surface area contributed by atoms with Gasteiger partial charge in [0.15, 0.2) is 0 Å². The van der Waals surface area contributed by atoms with E-state index in [2.05, 4.69) is 5.32 Å². The van der Waals surface area contributed by atoms with Gasteiger partial charge in [-0.15, -0.1) is 0 Å². The SMILES string of the molecule is COCCCOc1ccc(C(=O)NCCCCN)cc1. The summed E-state index contributed by atoms with van der Waals surface area (Å²) < 4.78 is 10.5. The Labute approximate surface area is 120 Å². The molecule has 0 aliphatic carbocycles. The van der Waals surface area contributed by atoms with Gasteiger partial charge in [0.2, 0.25) is 0 Å². The molecule has 3 N–H and O–H groups in total. The zero-order valence-electron chi connectivity index (χ0n) is 12.1. The van der Waals surface area contributed by atoms with E-state index in [0.29, 0.717) is 31.9 Å². The van der Waals surface area contributed by atoms with Crippen molar-refractivity contribution in [3.8, 4) is 5.75 Å². The maximum absolute atomic E-state index is 11.8. The molecule has 0 saturated carbocycles. The summed E-state index contributed by atoms with van der Waals surface area (Å²) >= 11 is 0. The lowest BCUT2D eigenvalue weighted by atomic mass is 10.2. The number of hydrogen-bond acceptors (Lipinski definition) is 4. The normalized spacial score (nSPS) is 10.3. The van der Waals surface area contributed by atoms with Crippen molar-refractivity contribution in [2.45, 2.75) is 19.3 Å². The van der Waals surface area contributed by atoms with Crippen LogP contribution in [0, 0.1) is 0 Å². The number of hydrogen-bond donors (Lipinski definition) is 2. The first kappa shape index (κ1) is 16.5. The zero-order valence-corrected chi connectivity index (χ0v) is 12.1. The Morgan fingerprint density at radius 1 is 1.15 bits per heavy atom. The first-order valence-electron chi connectivity index (χ1n) is 6.98. The highest BCUT2D eigenvalue weighted by Gasteiger charge is 2.04. The number of nitrogens with one attached hydrogen (secondary N) is 1. The molecule has 0 spiro atoms. The van der Waals surface area contributed by atoms with Crippen LogP contribution in [-0.2, 0) is 4.74 Å². The summed E-state index contributed by atoms with van der Waals surface area (Å²) in [6.45, 7) is 2.61. The van der Waals surface area contributed by atoms with Gasteiger partial charge in [-0.25, -0.2) is 0 Å².